The number of aromatic carboxylic acids is 1. The SMILES string of the molecule is Nc1ccc(NCc2sccc2Br)c(C(=O)O)c1. The summed E-state index contributed by atoms with van der Waals surface area (Å²) in [6.45, 7) is 0.572. The van der Waals surface area contributed by atoms with Gasteiger partial charge in [-0.3, -0.25) is 0 Å². The van der Waals surface area contributed by atoms with Gasteiger partial charge in [-0.2, -0.15) is 0 Å². The lowest BCUT2D eigenvalue weighted by atomic mass is 10.1. The van der Waals surface area contributed by atoms with Crippen LogP contribution in [0.5, 0.6) is 0 Å². The summed E-state index contributed by atoms with van der Waals surface area (Å²) in [4.78, 5) is 12.2. The minimum absolute atomic E-state index is 0.183. The molecule has 0 radical (unpaired) electrons. The third-order valence-electron chi connectivity index (χ3n) is 2.40. The topological polar surface area (TPSA) is 75.3 Å². The van der Waals surface area contributed by atoms with Crippen LogP contribution in [0.2, 0.25) is 0 Å². The molecule has 0 saturated carbocycles. The number of hydrogen-bond acceptors (Lipinski definition) is 4. The van der Waals surface area contributed by atoms with Crippen molar-refractivity contribution in [2.45, 2.75) is 6.54 Å². The average Bonchev–Trinajstić information content (AvgIpc) is 2.73. The van der Waals surface area contributed by atoms with Crippen LogP contribution in [0, 0.1) is 0 Å². The molecular weight excluding hydrogens is 316 g/mol. The van der Waals surface area contributed by atoms with Crippen molar-refractivity contribution in [3.05, 3.63) is 44.6 Å². The molecule has 2 rings (SSSR count). The van der Waals surface area contributed by atoms with Crippen LogP contribution < -0.4 is 11.1 Å². The second-order valence-corrected chi connectivity index (χ2v) is 5.51. The maximum absolute atomic E-state index is 11.1. The van der Waals surface area contributed by atoms with Crippen LogP contribution in [0.3, 0.4) is 0 Å². The lowest BCUT2D eigenvalue weighted by Crippen LogP contribution is -2.06. The maximum atomic E-state index is 11.1. The number of halogens is 1. The summed E-state index contributed by atoms with van der Waals surface area (Å²) >= 11 is 5.04. The summed E-state index contributed by atoms with van der Waals surface area (Å²) in [7, 11) is 0. The average molecular weight is 327 g/mol. The summed E-state index contributed by atoms with van der Waals surface area (Å²) in [5, 5.41) is 14.2. The molecule has 4 nitrogen and oxygen atoms in total. The Labute approximate surface area is 117 Å². The Morgan fingerprint density at radius 1 is 1.44 bits per heavy atom. The fourth-order valence-electron chi connectivity index (χ4n) is 1.52. The highest BCUT2D eigenvalue weighted by molar-refractivity contribution is 9.10. The molecule has 0 spiro atoms. The third-order valence-corrected chi connectivity index (χ3v) is 4.33. The van der Waals surface area contributed by atoms with E-state index in [0.717, 1.165) is 9.35 Å². The number of hydrogen-bond donors (Lipinski definition) is 3. The van der Waals surface area contributed by atoms with Gasteiger partial charge in [0, 0.05) is 20.7 Å². The first-order valence-corrected chi connectivity index (χ1v) is 6.84. The van der Waals surface area contributed by atoms with Gasteiger partial charge in [0.2, 0.25) is 0 Å². The van der Waals surface area contributed by atoms with Gasteiger partial charge in [0.15, 0.2) is 0 Å². The van der Waals surface area contributed by atoms with Crippen LogP contribution in [0.15, 0.2) is 34.1 Å². The van der Waals surface area contributed by atoms with Crippen molar-refractivity contribution in [1.82, 2.24) is 0 Å². The van der Waals surface area contributed by atoms with Gasteiger partial charge in [0.25, 0.3) is 0 Å². The normalized spacial score (nSPS) is 10.3. The third kappa shape index (κ3) is 2.83. The van der Waals surface area contributed by atoms with Crippen molar-refractivity contribution < 1.29 is 9.90 Å². The van der Waals surface area contributed by atoms with E-state index in [-0.39, 0.29) is 5.56 Å². The van der Waals surface area contributed by atoms with E-state index in [2.05, 4.69) is 21.2 Å². The Kier molecular flexibility index (Phi) is 3.88. The predicted octanol–water partition coefficient (Wildman–Crippen LogP) is 3.40. The van der Waals surface area contributed by atoms with Crippen molar-refractivity contribution >= 4 is 44.6 Å². The molecule has 0 amide bonds. The van der Waals surface area contributed by atoms with E-state index < -0.39 is 5.97 Å². The Morgan fingerprint density at radius 2 is 2.22 bits per heavy atom. The Bertz CT molecular complexity index is 583. The zero-order chi connectivity index (χ0) is 13.1. The lowest BCUT2D eigenvalue weighted by Gasteiger charge is -2.09. The number of anilines is 2. The predicted molar refractivity (Wildman–Crippen MR) is 77.2 cm³/mol. The van der Waals surface area contributed by atoms with Crippen molar-refractivity contribution in [3.63, 3.8) is 0 Å². The molecule has 18 heavy (non-hydrogen) atoms. The first-order valence-electron chi connectivity index (χ1n) is 5.16. The van der Waals surface area contributed by atoms with Gasteiger partial charge in [-0.25, -0.2) is 4.79 Å². The molecule has 0 fully saturated rings. The van der Waals surface area contributed by atoms with Gasteiger partial charge in [0.1, 0.15) is 0 Å². The molecule has 0 aliphatic heterocycles. The van der Waals surface area contributed by atoms with Crippen LogP contribution in [0.1, 0.15) is 15.2 Å². The minimum atomic E-state index is -0.991. The molecule has 4 N–H and O–H groups in total. The first-order chi connectivity index (χ1) is 8.58. The molecule has 1 aromatic heterocycles. The Morgan fingerprint density at radius 3 is 2.83 bits per heavy atom. The zero-order valence-corrected chi connectivity index (χ0v) is 11.7. The van der Waals surface area contributed by atoms with Crippen molar-refractivity contribution in [2.75, 3.05) is 11.1 Å². The van der Waals surface area contributed by atoms with E-state index in [1.165, 1.54) is 6.07 Å². The quantitative estimate of drug-likeness (QED) is 0.752. The van der Waals surface area contributed by atoms with E-state index >= 15 is 0 Å². The zero-order valence-electron chi connectivity index (χ0n) is 9.31. The van der Waals surface area contributed by atoms with Gasteiger partial charge in [-0.1, -0.05) is 0 Å². The second kappa shape index (κ2) is 5.41. The molecule has 1 heterocycles. The number of nitrogens with two attached hydrogens (primary N) is 1. The fourth-order valence-corrected chi connectivity index (χ4v) is 2.95. The van der Waals surface area contributed by atoms with Crippen LogP contribution >= 0.6 is 27.3 Å². The van der Waals surface area contributed by atoms with E-state index in [1.54, 1.807) is 23.5 Å². The molecule has 0 bridgehead atoms. The molecule has 2 aromatic rings. The fraction of sp³-hybridized carbons (Fsp3) is 0.0833. The summed E-state index contributed by atoms with van der Waals surface area (Å²) in [5.74, 6) is -0.991. The monoisotopic (exact) mass is 326 g/mol. The number of nitrogen functional groups attached to an aromatic ring is 1. The summed E-state index contributed by atoms with van der Waals surface area (Å²) in [5.41, 5.74) is 6.77. The molecule has 0 saturated heterocycles. The van der Waals surface area contributed by atoms with Gasteiger partial charge < -0.3 is 16.2 Å². The molecule has 0 atom stereocenters. The van der Waals surface area contributed by atoms with Gasteiger partial charge in [-0.15, -0.1) is 11.3 Å². The standard InChI is InChI=1S/C12H11BrN2O2S/c13-9-3-4-18-11(9)6-15-10-2-1-7(14)5-8(10)12(16)17/h1-5,15H,6,14H2,(H,16,17). The number of carboxylic acids is 1. The van der Waals surface area contributed by atoms with Gasteiger partial charge in [0.05, 0.1) is 12.1 Å². The Hall–Kier alpha value is -1.53. The van der Waals surface area contributed by atoms with Crippen LogP contribution in [0.4, 0.5) is 11.4 Å². The number of thiophene rings is 1. The summed E-state index contributed by atoms with van der Waals surface area (Å²) in [6, 6.07) is 6.77. The number of benzene rings is 1. The smallest absolute Gasteiger partial charge is 0.337 e. The lowest BCUT2D eigenvalue weighted by molar-refractivity contribution is 0.0698. The van der Waals surface area contributed by atoms with Crippen LogP contribution in [-0.2, 0) is 6.54 Å². The van der Waals surface area contributed by atoms with Crippen molar-refractivity contribution in [2.24, 2.45) is 0 Å². The van der Waals surface area contributed by atoms with E-state index in [9.17, 15) is 4.79 Å². The number of carbonyl (C=O) groups is 1. The Balaban J connectivity index is 2.19. The number of rotatable bonds is 4. The van der Waals surface area contributed by atoms with Crippen molar-refractivity contribution in [3.8, 4) is 0 Å². The molecule has 94 valence electrons. The molecule has 0 aliphatic carbocycles. The second-order valence-electron chi connectivity index (χ2n) is 3.66. The highest BCUT2D eigenvalue weighted by Crippen LogP contribution is 2.25. The molecule has 6 heteroatoms. The van der Waals surface area contributed by atoms with Crippen LogP contribution in [0.25, 0.3) is 0 Å². The summed E-state index contributed by atoms with van der Waals surface area (Å²) < 4.78 is 1.02. The van der Waals surface area contributed by atoms with Gasteiger partial charge >= 0.3 is 5.97 Å². The molecule has 0 aliphatic rings. The largest absolute Gasteiger partial charge is 0.478 e. The first kappa shape index (κ1) is 12.9. The number of carboxylic acid groups (broad SMARTS) is 1. The van der Waals surface area contributed by atoms with Crippen molar-refractivity contribution in [1.29, 1.82) is 0 Å². The van der Waals surface area contributed by atoms with E-state index in [1.807, 2.05) is 11.4 Å². The van der Waals surface area contributed by atoms with Crippen LogP contribution in [-0.4, -0.2) is 11.1 Å². The minimum Gasteiger partial charge on any atom is -0.478 e. The number of nitrogens with one attached hydrogen (secondary N) is 1. The molecular formula is C12H11BrN2O2S. The highest BCUT2D eigenvalue weighted by Gasteiger charge is 2.10. The summed E-state index contributed by atoms with van der Waals surface area (Å²) in [6.07, 6.45) is 0. The van der Waals surface area contributed by atoms with Gasteiger partial charge in [-0.05, 0) is 45.6 Å². The maximum Gasteiger partial charge on any atom is 0.337 e. The molecule has 0 unspecified atom stereocenters. The van der Waals surface area contributed by atoms with E-state index in [0.29, 0.717) is 17.9 Å². The highest BCUT2D eigenvalue weighted by atomic mass is 79.9. The van der Waals surface area contributed by atoms with E-state index in [4.69, 9.17) is 10.8 Å². The molecule has 1 aromatic carbocycles.